The summed E-state index contributed by atoms with van der Waals surface area (Å²) in [6, 6.07) is 1.87. The quantitative estimate of drug-likeness (QED) is 0.812. The van der Waals surface area contributed by atoms with Gasteiger partial charge in [-0.2, -0.15) is 10.1 Å². The monoisotopic (exact) mass is 286 g/mol. The zero-order chi connectivity index (χ0) is 14.1. The Labute approximate surface area is 122 Å². The lowest BCUT2D eigenvalue weighted by atomic mass is 9.97. The molecule has 110 valence electrons. The van der Waals surface area contributed by atoms with Gasteiger partial charge >= 0.3 is 0 Å². The van der Waals surface area contributed by atoms with Gasteiger partial charge in [-0.1, -0.05) is 16.8 Å². The first-order valence-corrected chi connectivity index (χ1v) is 7.60. The molecule has 1 aliphatic carbocycles. The predicted octanol–water partition coefficient (Wildman–Crippen LogP) is 2.76. The lowest BCUT2D eigenvalue weighted by molar-refractivity contribution is 0.230. The van der Waals surface area contributed by atoms with Crippen LogP contribution in [0, 0.1) is 0 Å². The summed E-state index contributed by atoms with van der Waals surface area (Å²) in [5.74, 6) is 2.00. The number of aryl methyl sites for hydroxylation is 1. The van der Waals surface area contributed by atoms with E-state index in [2.05, 4.69) is 21.3 Å². The van der Waals surface area contributed by atoms with E-state index in [1.807, 2.05) is 10.7 Å². The Morgan fingerprint density at radius 3 is 3.10 bits per heavy atom. The van der Waals surface area contributed by atoms with Gasteiger partial charge in [-0.3, -0.25) is 0 Å². The Kier molecular flexibility index (Phi) is 3.21. The zero-order valence-corrected chi connectivity index (χ0v) is 11.9. The van der Waals surface area contributed by atoms with Crippen molar-refractivity contribution in [1.82, 2.24) is 19.9 Å². The van der Waals surface area contributed by atoms with Crippen LogP contribution in [0.25, 0.3) is 11.6 Å². The molecule has 0 bridgehead atoms. The van der Waals surface area contributed by atoms with Gasteiger partial charge in [0.25, 0.3) is 5.89 Å². The second-order valence-corrected chi connectivity index (χ2v) is 5.59. The Morgan fingerprint density at radius 1 is 1.24 bits per heavy atom. The minimum atomic E-state index is 0.479. The Bertz CT molecular complexity index is 648. The topological polar surface area (TPSA) is 66.0 Å². The van der Waals surface area contributed by atoms with E-state index in [0.29, 0.717) is 11.6 Å². The highest BCUT2D eigenvalue weighted by Gasteiger charge is 2.19. The van der Waals surface area contributed by atoms with Gasteiger partial charge in [0.05, 0.1) is 6.61 Å². The number of fused-ring (bicyclic) bond motifs is 1. The van der Waals surface area contributed by atoms with E-state index in [0.717, 1.165) is 44.1 Å². The van der Waals surface area contributed by atoms with Crippen LogP contribution >= 0.6 is 0 Å². The molecule has 0 saturated carbocycles. The Morgan fingerprint density at radius 2 is 2.24 bits per heavy atom. The molecule has 0 fully saturated rings. The molecule has 1 aliphatic heterocycles. The molecule has 2 aromatic heterocycles. The van der Waals surface area contributed by atoms with Crippen molar-refractivity contribution >= 4 is 0 Å². The van der Waals surface area contributed by atoms with E-state index in [9.17, 15) is 0 Å². The summed E-state index contributed by atoms with van der Waals surface area (Å²) in [7, 11) is 0. The average Bonchev–Trinajstić information content (AvgIpc) is 3.14. The molecule has 0 radical (unpaired) electrons. The van der Waals surface area contributed by atoms with Crippen LogP contribution in [-0.4, -0.2) is 26.5 Å². The van der Waals surface area contributed by atoms with Crippen LogP contribution in [0.5, 0.6) is 5.88 Å². The lowest BCUT2D eigenvalue weighted by Crippen LogP contribution is -2.14. The van der Waals surface area contributed by atoms with Crippen LogP contribution in [0.1, 0.15) is 37.9 Å². The second-order valence-electron chi connectivity index (χ2n) is 5.59. The van der Waals surface area contributed by atoms with Crippen molar-refractivity contribution in [3.8, 4) is 17.5 Å². The van der Waals surface area contributed by atoms with E-state index >= 15 is 0 Å². The van der Waals surface area contributed by atoms with Crippen molar-refractivity contribution in [2.45, 2.75) is 45.1 Å². The van der Waals surface area contributed by atoms with E-state index in [4.69, 9.17) is 9.26 Å². The molecular formula is C15H18N4O2. The van der Waals surface area contributed by atoms with Crippen molar-refractivity contribution in [2.24, 2.45) is 0 Å². The van der Waals surface area contributed by atoms with Crippen LogP contribution < -0.4 is 4.74 Å². The first-order valence-electron chi connectivity index (χ1n) is 7.60. The fourth-order valence-corrected chi connectivity index (χ4v) is 2.87. The fourth-order valence-electron chi connectivity index (χ4n) is 2.87. The number of aromatic nitrogens is 4. The second kappa shape index (κ2) is 5.35. The summed E-state index contributed by atoms with van der Waals surface area (Å²) in [6.07, 6.45) is 8.96. The number of ether oxygens (including phenoxy) is 1. The maximum absolute atomic E-state index is 5.56. The van der Waals surface area contributed by atoms with Crippen LogP contribution in [0.4, 0.5) is 0 Å². The van der Waals surface area contributed by atoms with Gasteiger partial charge in [0, 0.05) is 25.5 Å². The highest BCUT2D eigenvalue weighted by molar-refractivity contribution is 5.48. The van der Waals surface area contributed by atoms with Crippen molar-refractivity contribution < 1.29 is 9.26 Å². The van der Waals surface area contributed by atoms with Crippen molar-refractivity contribution in [3.63, 3.8) is 0 Å². The summed E-state index contributed by atoms with van der Waals surface area (Å²) in [5, 5.41) is 8.54. The van der Waals surface area contributed by atoms with Gasteiger partial charge in [0.1, 0.15) is 0 Å². The fraction of sp³-hybridized carbons (Fsp3) is 0.533. The molecule has 0 aromatic carbocycles. The van der Waals surface area contributed by atoms with Crippen molar-refractivity contribution in [3.05, 3.63) is 23.5 Å². The normalized spacial score (nSPS) is 18.0. The van der Waals surface area contributed by atoms with E-state index in [-0.39, 0.29) is 0 Å². The molecular weight excluding hydrogens is 268 g/mol. The maximum Gasteiger partial charge on any atom is 0.278 e. The van der Waals surface area contributed by atoms with Gasteiger partial charge in [-0.15, -0.1) is 0 Å². The van der Waals surface area contributed by atoms with Crippen LogP contribution in [0.3, 0.4) is 0 Å². The smallest absolute Gasteiger partial charge is 0.278 e. The predicted molar refractivity (Wildman–Crippen MR) is 75.9 cm³/mol. The van der Waals surface area contributed by atoms with Gasteiger partial charge < -0.3 is 9.26 Å². The highest BCUT2D eigenvalue weighted by atomic mass is 16.5. The lowest BCUT2D eigenvalue weighted by Gasteiger charge is -2.13. The molecule has 3 heterocycles. The first kappa shape index (κ1) is 12.6. The van der Waals surface area contributed by atoms with Crippen molar-refractivity contribution in [1.29, 1.82) is 0 Å². The number of nitrogens with zero attached hydrogens (tertiary/aromatic N) is 4. The Hall–Kier alpha value is -2.11. The van der Waals surface area contributed by atoms with Crippen LogP contribution in [0.2, 0.25) is 0 Å². The molecule has 0 spiro atoms. The molecule has 0 amide bonds. The average molecular weight is 286 g/mol. The third kappa shape index (κ3) is 2.57. The van der Waals surface area contributed by atoms with Crippen LogP contribution in [-0.2, 0) is 13.0 Å². The van der Waals surface area contributed by atoms with Crippen molar-refractivity contribution in [2.75, 3.05) is 6.61 Å². The highest BCUT2D eigenvalue weighted by Crippen LogP contribution is 2.26. The van der Waals surface area contributed by atoms with Gasteiger partial charge in [0.2, 0.25) is 5.88 Å². The van der Waals surface area contributed by atoms with Gasteiger partial charge in [-0.05, 0) is 25.7 Å². The molecule has 6 nitrogen and oxygen atoms in total. The summed E-state index contributed by atoms with van der Waals surface area (Å²) >= 11 is 0. The molecule has 2 aromatic rings. The summed E-state index contributed by atoms with van der Waals surface area (Å²) in [6.45, 7) is 1.62. The van der Waals surface area contributed by atoms with Crippen LogP contribution in [0.15, 0.2) is 22.2 Å². The SMILES string of the molecule is C1=C(Cc2noc(-c3cc4n(n3)CCCO4)n2)CCCC1. The third-order valence-electron chi connectivity index (χ3n) is 3.96. The Balaban J connectivity index is 1.53. The summed E-state index contributed by atoms with van der Waals surface area (Å²) in [5.41, 5.74) is 2.12. The van der Waals surface area contributed by atoms with E-state index in [1.165, 1.54) is 24.8 Å². The molecule has 0 unspecified atom stereocenters. The largest absolute Gasteiger partial charge is 0.478 e. The van der Waals surface area contributed by atoms with E-state index in [1.54, 1.807) is 0 Å². The molecule has 21 heavy (non-hydrogen) atoms. The molecule has 4 rings (SSSR count). The van der Waals surface area contributed by atoms with Gasteiger partial charge in [0.15, 0.2) is 11.5 Å². The number of allylic oxidation sites excluding steroid dienone is 2. The minimum Gasteiger partial charge on any atom is -0.478 e. The van der Waals surface area contributed by atoms with Gasteiger partial charge in [-0.25, -0.2) is 4.68 Å². The summed E-state index contributed by atoms with van der Waals surface area (Å²) < 4.78 is 12.8. The van der Waals surface area contributed by atoms with E-state index < -0.39 is 0 Å². The number of hydrogen-bond donors (Lipinski definition) is 0. The minimum absolute atomic E-state index is 0.479. The molecule has 0 saturated heterocycles. The number of hydrogen-bond acceptors (Lipinski definition) is 5. The first-order chi connectivity index (χ1) is 10.4. The standard InChI is InChI=1S/C15H18N4O2/c1-2-5-11(6-3-1)9-13-16-15(21-18-13)12-10-14-19(17-12)7-4-8-20-14/h5,10H,1-4,6-9H2. The molecule has 6 heteroatoms. The zero-order valence-electron chi connectivity index (χ0n) is 11.9. The third-order valence-corrected chi connectivity index (χ3v) is 3.96. The maximum atomic E-state index is 5.56. The molecule has 2 aliphatic rings. The summed E-state index contributed by atoms with van der Waals surface area (Å²) in [4.78, 5) is 4.47. The number of rotatable bonds is 3. The molecule has 0 N–H and O–H groups in total. The molecule has 0 atom stereocenters.